The highest BCUT2D eigenvalue weighted by Gasteiger charge is 2.20. The number of rotatable bonds is 3. The number of benzene rings is 1. The smallest absolute Gasteiger partial charge is 0.319 e. The first kappa shape index (κ1) is 18.3. The summed E-state index contributed by atoms with van der Waals surface area (Å²) < 4.78 is 0. The fourth-order valence-electron chi connectivity index (χ4n) is 2.62. The predicted octanol–water partition coefficient (Wildman–Crippen LogP) is 2.96. The number of urea groups is 1. The monoisotopic (exact) mass is 306 g/mol. The van der Waals surface area contributed by atoms with Gasteiger partial charge in [-0.15, -0.1) is 0 Å². The van der Waals surface area contributed by atoms with Gasteiger partial charge in [-0.2, -0.15) is 0 Å². The molecule has 3 N–H and O–H groups in total. The van der Waals surface area contributed by atoms with Gasteiger partial charge in [-0.05, 0) is 44.5 Å². The van der Waals surface area contributed by atoms with Crippen LogP contribution in [0.2, 0.25) is 0 Å². The van der Waals surface area contributed by atoms with Gasteiger partial charge in [0.2, 0.25) is 0 Å². The molecule has 2 amide bonds. The molecule has 1 aliphatic rings. The van der Waals surface area contributed by atoms with E-state index < -0.39 is 0 Å². The van der Waals surface area contributed by atoms with E-state index in [0.29, 0.717) is 6.04 Å². The van der Waals surface area contributed by atoms with E-state index in [1.54, 1.807) is 7.05 Å². The summed E-state index contributed by atoms with van der Waals surface area (Å²) >= 11 is 0. The molecule has 1 fully saturated rings. The van der Waals surface area contributed by atoms with E-state index in [1.165, 1.54) is 0 Å². The lowest BCUT2D eigenvalue weighted by Gasteiger charge is -2.34. The van der Waals surface area contributed by atoms with E-state index in [-0.39, 0.29) is 6.03 Å². The number of hydrogen-bond donors (Lipinski definition) is 3. The number of amides is 2. The second-order valence-corrected chi connectivity index (χ2v) is 5.27. The van der Waals surface area contributed by atoms with Crippen LogP contribution in [0.5, 0.6) is 0 Å². The molecule has 0 unspecified atom stereocenters. The Morgan fingerprint density at radius 3 is 2.36 bits per heavy atom. The number of carbonyl (C=O) groups is 1. The van der Waals surface area contributed by atoms with Gasteiger partial charge in [0.25, 0.3) is 0 Å². The average molecular weight is 306 g/mol. The van der Waals surface area contributed by atoms with Crippen molar-refractivity contribution in [2.45, 2.75) is 39.7 Å². The molecule has 1 aromatic carbocycles. The summed E-state index contributed by atoms with van der Waals surface area (Å²) in [5.74, 6) is 0. The van der Waals surface area contributed by atoms with Crippen LogP contribution in [0.15, 0.2) is 18.2 Å². The van der Waals surface area contributed by atoms with E-state index in [0.717, 1.165) is 42.9 Å². The van der Waals surface area contributed by atoms with Gasteiger partial charge in [0.15, 0.2) is 0 Å². The van der Waals surface area contributed by atoms with Gasteiger partial charge in [0.05, 0.1) is 11.4 Å². The first-order chi connectivity index (χ1) is 10.6. The highest BCUT2D eigenvalue weighted by atomic mass is 16.2. The highest BCUT2D eigenvalue weighted by Crippen LogP contribution is 2.29. The lowest BCUT2D eigenvalue weighted by atomic mass is 10.0. The zero-order valence-corrected chi connectivity index (χ0v) is 14.5. The summed E-state index contributed by atoms with van der Waals surface area (Å²) in [4.78, 5) is 13.9. The number of piperidine rings is 1. The van der Waals surface area contributed by atoms with Crippen molar-refractivity contribution in [2.24, 2.45) is 0 Å². The van der Waals surface area contributed by atoms with Gasteiger partial charge in [-0.1, -0.05) is 19.9 Å². The molecule has 0 aromatic heterocycles. The van der Waals surface area contributed by atoms with Crippen LogP contribution in [0.3, 0.4) is 0 Å². The fraction of sp³-hybridized carbons (Fsp3) is 0.588. The topological polar surface area (TPSA) is 56.4 Å². The van der Waals surface area contributed by atoms with Gasteiger partial charge < -0.3 is 20.9 Å². The average Bonchev–Trinajstić information content (AvgIpc) is 2.57. The zero-order chi connectivity index (χ0) is 16.5. The molecule has 124 valence electrons. The summed E-state index contributed by atoms with van der Waals surface area (Å²) in [5.41, 5.74) is 3.13. The number of anilines is 2. The molecule has 0 radical (unpaired) electrons. The molecule has 0 spiro atoms. The largest absolute Gasteiger partial charge is 0.370 e. The summed E-state index contributed by atoms with van der Waals surface area (Å²) in [5, 5.41) is 8.85. The Kier molecular flexibility index (Phi) is 7.74. The van der Waals surface area contributed by atoms with Gasteiger partial charge >= 0.3 is 6.03 Å². The fourth-order valence-corrected chi connectivity index (χ4v) is 2.62. The lowest BCUT2D eigenvalue weighted by Crippen LogP contribution is -2.41. The molecule has 1 aromatic rings. The van der Waals surface area contributed by atoms with Crippen LogP contribution >= 0.6 is 0 Å². The second-order valence-electron chi connectivity index (χ2n) is 5.27. The Morgan fingerprint density at radius 2 is 1.82 bits per heavy atom. The number of aryl methyl sites for hydroxylation is 1. The third kappa shape index (κ3) is 4.91. The second kappa shape index (κ2) is 9.30. The third-order valence-electron chi connectivity index (χ3n) is 3.87. The van der Waals surface area contributed by atoms with Crippen molar-refractivity contribution >= 4 is 17.4 Å². The summed E-state index contributed by atoms with van der Waals surface area (Å²) in [6.45, 7) is 8.06. The van der Waals surface area contributed by atoms with Crippen LogP contribution in [0.25, 0.3) is 0 Å². The number of nitrogens with zero attached hydrogens (tertiary/aromatic N) is 1. The van der Waals surface area contributed by atoms with Crippen molar-refractivity contribution < 1.29 is 4.79 Å². The Labute approximate surface area is 134 Å². The molecule has 1 heterocycles. The Bertz CT molecular complexity index is 468. The molecule has 5 nitrogen and oxygen atoms in total. The molecule has 5 heteroatoms. The van der Waals surface area contributed by atoms with Crippen molar-refractivity contribution in [2.75, 3.05) is 37.4 Å². The highest BCUT2D eigenvalue weighted by molar-refractivity contribution is 5.93. The van der Waals surface area contributed by atoms with Gasteiger partial charge in [-0.3, -0.25) is 0 Å². The van der Waals surface area contributed by atoms with Crippen LogP contribution < -0.4 is 20.9 Å². The molecule has 22 heavy (non-hydrogen) atoms. The van der Waals surface area contributed by atoms with Crippen molar-refractivity contribution in [1.29, 1.82) is 0 Å². The Morgan fingerprint density at radius 1 is 1.18 bits per heavy atom. The normalized spacial score (nSPS) is 14.9. The van der Waals surface area contributed by atoms with E-state index in [2.05, 4.69) is 33.0 Å². The standard InChI is InChI=1S/C15H24N4O.C2H6/c1-11-4-5-14(13(10-11)18-15(20)17-3)19-8-6-12(16-2)7-9-19;1-2/h4-5,10,12,16H,6-9H2,1-3H3,(H2,17,18,20);1-2H3. The molecule has 0 atom stereocenters. The van der Waals surface area contributed by atoms with E-state index >= 15 is 0 Å². The summed E-state index contributed by atoms with van der Waals surface area (Å²) in [6.07, 6.45) is 2.26. The summed E-state index contributed by atoms with van der Waals surface area (Å²) in [6, 6.07) is 6.64. The van der Waals surface area contributed by atoms with Crippen LogP contribution in [0.4, 0.5) is 16.2 Å². The SMILES string of the molecule is CC.CNC(=O)Nc1cc(C)ccc1N1CCC(NC)CC1. The maximum absolute atomic E-state index is 11.6. The van der Waals surface area contributed by atoms with Gasteiger partial charge in [-0.25, -0.2) is 4.79 Å². The molecule has 2 rings (SSSR count). The van der Waals surface area contributed by atoms with E-state index in [4.69, 9.17) is 0 Å². The first-order valence-corrected chi connectivity index (χ1v) is 8.15. The van der Waals surface area contributed by atoms with E-state index in [1.807, 2.05) is 33.9 Å². The first-order valence-electron chi connectivity index (χ1n) is 8.15. The van der Waals surface area contributed by atoms with Crippen molar-refractivity contribution in [3.63, 3.8) is 0 Å². The van der Waals surface area contributed by atoms with Crippen LogP contribution in [-0.2, 0) is 0 Å². The zero-order valence-electron chi connectivity index (χ0n) is 14.5. The minimum atomic E-state index is -0.179. The van der Waals surface area contributed by atoms with Gasteiger partial charge in [0, 0.05) is 26.2 Å². The van der Waals surface area contributed by atoms with Crippen LogP contribution in [0.1, 0.15) is 32.3 Å². The Balaban J connectivity index is 0.00000116. The maximum Gasteiger partial charge on any atom is 0.319 e. The molecule has 1 aliphatic heterocycles. The number of carbonyl (C=O) groups excluding carboxylic acids is 1. The molecule has 1 saturated heterocycles. The Hall–Kier alpha value is -1.75. The quantitative estimate of drug-likeness (QED) is 0.805. The minimum Gasteiger partial charge on any atom is -0.370 e. The van der Waals surface area contributed by atoms with E-state index in [9.17, 15) is 4.79 Å². The third-order valence-corrected chi connectivity index (χ3v) is 3.87. The van der Waals surface area contributed by atoms with Crippen molar-refractivity contribution in [3.05, 3.63) is 23.8 Å². The van der Waals surface area contributed by atoms with Gasteiger partial charge in [0.1, 0.15) is 0 Å². The summed E-state index contributed by atoms with van der Waals surface area (Å²) in [7, 11) is 3.65. The molecular weight excluding hydrogens is 276 g/mol. The van der Waals surface area contributed by atoms with Crippen molar-refractivity contribution in [1.82, 2.24) is 10.6 Å². The molecular formula is C17H30N4O. The molecule has 0 saturated carbocycles. The molecule has 0 bridgehead atoms. The number of nitrogens with one attached hydrogen (secondary N) is 3. The van der Waals surface area contributed by atoms with Crippen molar-refractivity contribution in [3.8, 4) is 0 Å². The van der Waals surface area contributed by atoms with Crippen LogP contribution in [0, 0.1) is 6.92 Å². The predicted molar refractivity (Wildman–Crippen MR) is 94.9 cm³/mol. The molecule has 0 aliphatic carbocycles. The minimum absolute atomic E-state index is 0.179. The number of hydrogen-bond acceptors (Lipinski definition) is 3. The maximum atomic E-state index is 11.6. The van der Waals surface area contributed by atoms with Crippen LogP contribution in [-0.4, -0.2) is 39.3 Å². The lowest BCUT2D eigenvalue weighted by molar-refractivity contribution is 0.254.